The first kappa shape index (κ1) is 19.7. The Hall–Kier alpha value is -3.04. The van der Waals surface area contributed by atoms with Crippen LogP contribution in [0.1, 0.15) is 19.2 Å². The van der Waals surface area contributed by atoms with Crippen LogP contribution in [0.4, 0.5) is 5.82 Å². The van der Waals surface area contributed by atoms with Gasteiger partial charge in [0, 0.05) is 25.4 Å². The number of hydrogen-bond donors (Lipinski definition) is 2. The van der Waals surface area contributed by atoms with Crippen LogP contribution in [0.3, 0.4) is 0 Å². The van der Waals surface area contributed by atoms with E-state index in [2.05, 4.69) is 20.1 Å². The molecule has 0 spiro atoms. The van der Waals surface area contributed by atoms with Gasteiger partial charge in [-0.05, 0) is 25.1 Å². The van der Waals surface area contributed by atoms with E-state index in [0.29, 0.717) is 46.9 Å². The van der Waals surface area contributed by atoms with Crippen LogP contribution in [0, 0.1) is 0 Å². The lowest BCUT2D eigenvalue weighted by Gasteiger charge is -2.12. The first-order valence-corrected chi connectivity index (χ1v) is 9.22. The highest BCUT2D eigenvalue weighted by atomic mass is 35.5. The lowest BCUT2D eigenvalue weighted by Crippen LogP contribution is -2.26. The quantitative estimate of drug-likeness (QED) is 0.532. The molecule has 0 atom stereocenters. The van der Waals surface area contributed by atoms with Gasteiger partial charge in [0.1, 0.15) is 12.2 Å². The van der Waals surface area contributed by atoms with Gasteiger partial charge in [0.15, 0.2) is 11.5 Å². The molecule has 0 saturated carbocycles. The van der Waals surface area contributed by atoms with E-state index < -0.39 is 0 Å². The standard InChI is InChI=1S/C13H16ClN3O.C5H5N5/c1-2-11-16-10-6-3-5-9(14)12(10)13(18)17(11)8-4-7-15;6-4-5-7-1-2-10(5)9-3-8-4/h3,5-6H,2,4,7-8,15H2,1H3;1-3H,(H2,6,8,9). The highest BCUT2D eigenvalue weighted by Gasteiger charge is 2.11. The minimum atomic E-state index is -0.0732. The number of benzene rings is 1. The number of aromatic nitrogens is 6. The van der Waals surface area contributed by atoms with Gasteiger partial charge in [-0.15, -0.1) is 0 Å². The van der Waals surface area contributed by atoms with Crippen molar-refractivity contribution < 1.29 is 0 Å². The van der Waals surface area contributed by atoms with E-state index in [1.165, 1.54) is 6.33 Å². The van der Waals surface area contributed by atoms with E-state index in [9.17, 15) is 4.79 Å². The van der Waals surface area contributed by atoms with Crippen LogP contribution >= 0.6 is 11.6 Å². The molecule has 0 saturated heterocycles. The van der Waals surface area contributed by atoms with Crippen molar-refractivity contribution in [2.45, 2.75) is 26.3 Å². The van der Waals surface area contributed by atoms with Gasteiger partial charge in [-0.2, -0.15) is 5.10 Å². The molecule has 4 N–H and O–H groups in total. The van der Waals surface area contributed by atoms with E-state index in [1.807, 2.05) is 13.0 Å². The summed E-state index contributed by atoms with van der Waals surface area (Å²) in [6.07, 6.45) is 6.20. The molecule has 0 aliphatic carbocycles. The first-order valence-electron chi connectivity index (χ1n) is 8.84. The number of nitrogens with zero attached hydrogens (tertiary/aromatic N) is 6. The fourth-order valence-corrected chi connectivity index (χ4v) is 3.04. The summed E-state index contributed by atoms with van der Waals surface area (Å²) in [6.45, 7) is 3.12. The third-order valence-electron chi connectivity index (χ3n) is 4.14. The summed E-state index contributed by atoms with van der Waals surface area (Å²) in [4.78, 5) is 24.6. The number of halogens is 1. The Morgan fingerprint density at radius 1 is 1.25 bits per heavy atom. The SMILES string of the molecule is CCc1nc2cccc(Cl)c2c(=O)n1CCCN.Nc1ncnn2ccnc12. The van der Waals surface area contributed by atoms with E-state index in [0.717, 1.165) is 12.2 Å². The van der Waals surface area contributed by atoms with Gasteiger partial charge in [-0.1, -0.05) is 24.6 Å². The predicted octanol–water partition coefficient (Wildman–Crippen LogP) is 1.67. The van der Waals surface area contributed by atoms with Crippen LogP contribution in [0.5, 0.6) is 0 Å². The zero-order valence-corrected chi connectivity index (χ0v) is 16.2. The number of hydrogen-bond acceptors (Lipinski definition) is 7. The molecule has 10 heteroatoms. The Kier molecular flexibility index (Phi) is 6.17. The number of fused-ring (bicyclic) bond motifs is 2. The highest BCUT2D eigenvalue weighted by Crippen LogP contribution is 2.18. The second kappa shape index (κ2) is 8.77. The molecule has 28 heavy (non-hydrogen) atoms. The summed E-state index contributed by atoms with van der Waals surface area (Å²) in [6, 6.07) is 5.33. The molecule has 4 aromatic rings. The van der Waals surface area contributed by atoms with Crippen LogP contribution in [-0.4, -0.2) is 35.7 Å². The van der Waals surface area contributed by atoms with Crippen LogP contribution in [0.25, 0.3) is 16.6 Å². The maximum Gasteiger partial charge on any atom is 0.262 e. The summed E-state index contributed by atoms with van der Waals surface area (Å²) in [5.74, 6) is 1.18. The smallest absolute Gasteiger partial charge is 0.262 e. The highest BCUT2D eigenvalue weighted by molar-refractivity contribution is 6.35. The summed E-state index contributed by atoms with van der Waals surface area (Å²) in [7, 11) is 0. The van der Waals surface area contributed by atoms with Gasteiger partial charge < -0.3 is 11.5 Å². The predicted molar refractivity (Wildman–Crippen MR) is 109 cm³/mol. The molecular formula is C18H21ClN8O. The summed E-state index contributed by atoms with van der Waals surface area (Å²) < 4.78 is 3.25. The number of rotatable bonds is 4. The maximum atomic E-state index is 12.4. The molecular weight excluding hydrogens is 380 g/mol. The van der Waals surface area contributed by atoms with E-state index in [1.54, 1.807) is 33.6 Å². The largest absolute Gasteiger partial charge is 0.381 e. The molecule has 0 aliphatic heterocycles. The van der Waals surface area contributed by atoms with E-state index in [-0.39, 0.29) is 5.56 Å². The average Bonchev–Trinajstić information content (AvgIpc) is 3.18. The molecule has 0 unspecified atom stereocenters. The van der Waals surface area contributed by atoms with Crippen LogP contribution < -0.4 is 17.0 Å². The topological polar surface area (TPSA) is 130 Å². The van der Waals surface area contributed by atoms with Crippen LogP contribution in [0.2, 0.25) is 5.02 Å². The van der Waals surface area contributed by atoms with E-state index >= 15 is 0 Å². The van der Waals surface area contributed by atoms with Gasteiger partial charge in [0.2, 0.25) is 0 Å². The molecule has 146 valence electrons. The molecule has 9 nitrogen and oxygen atoms in total. The number of nitrogens with two attached hydrogens (primary N) is 2. The number of nitrogen functional groups attached to an aromatic ring is 1. The van der Waals surface area contributed by atoms with Gasteiger partial charge >= 0.3 is 0 Å². The first-order chi connectivity index (χ1) is 13.6. The Bertz CT molecular complexity index is 1150. The number of aryl methyl sites for hydroxylation is 1. The summed E-state index contributed by atoms with van der Waals surface area (Å²) in [5.41, 5.74) is 12.2. The van der Waals surface area contributed by atoms with Gasteiger partial charge in [0.05, 0.1) is 15.9 Å². The Morgan fingerprint density at radius 3 is 2.79 bits per heavy atom. The minimum Gasteiger partial charge on any atom is -0.381 e. The molecule has 3 aromatic heterocycles. The zero-order valence-electron chi connectivity index (χ0n) is 15.4. The van der Waals surface area contributed by atoms with Gasteiger partial charge in [0.25, 0.3) is 5.56 Å². The van der Waals surface area contributed by atoms with E-state index in [4.69, 9.17) is 23.1 Å². The van der Waals surface area contributed by atoms with Crippen molar-refractivity contribution in [3.05, 3.63) is 58.1 Å². The Morgan fingerprint density at radius 2 is 2.07 bits per heavy atom. The van der Waals surface area contributed by atoms with Crippen molar-refractivity contribution in [1.82, 2.24) is 29.1 Å². The molecule has 0 amide bonds. The maximum absolute atomic E-state index is 12.4. The van der Waals surface area contributed by atoms with Gasteiger partial charge in [-0.3, -0.25) is 9.36 Å². The van der Waals surface area contributed by atoms with Crippen molar-refractivity contribution in [3.63, 3.8) is 0 Å². The second-order valence-corrected chi connectivity index (χ2v) is 6.36. The molecule has 0 fully saturated rings. The summed E-state index contributed by atoms with van der Waals surface area (Å²) in [5, 5.41) is 4.81. The fourth-order valence-electron chi connectivity index (χ4n) is 2.79. The normalized spacial score (nSPS) is 10.8. The second-order valence-electron chi connectivity index (χ2n) is 5.96. The monoisotopic (exact) mass is 400 g/mol. The molecule has 3 heterocycles. The Balaban J connectivity index is 0.000000188. The van der Waals surface area contributed by atoms with Crippen molar-refractivity contribution in [3.8, 4) is 0 Å². The van der Waals surface area contributed by atoms with Crippen LogP contribution in [0.15, 0.2) is 41.7 Å². The molecule has 0 aliphatic rings. The fraction of sp³-hybridized carbons (Fsp3) is 0.278. The summed E-state index contributed by atoms with van der Waals surface area (Å²) >= 11 is 6.09. The molecule has 4 rings (SSSR count). The zero-order chi connectivity index (χ0) is 20.1. The third kappa shape index (κ3) is 3.95. The number of anilines is 1. The average molecular weight is 401 g/mol. The van der Waals surface area contributed by atoms with Crippen molar-refractivity contribution in [1.29, 1.82) is 0 Å². The lowest BCUT2D eigenvalue weighted by atomic mass is 10.2. The molecule has 0 bridgehead atoms. The Labute approximate surface area is 166 Å². The minimum absolute atomic E-state index is 0.0732. The molecule has 0 radical (unpaired) electrons. The third-order valence-corrected chi connectivity index (χ3v) is 4.45. The van der Waals surface area contributed by atoms with Crippen molar-refractivity contribution >= 4 is 34.0 Å². The van der Waals surface area contributed by atoms with Crippen LogP contribution in [-0.2, 0) is 13.0 Å². The van der Waals surface area contributed by atoms with Crippen molar-refractivity contribution in [2.24, 2.45) is 5.73 Å². The van der Waals surface area contributed by atoms with Gasteiger partial charge in [-0.25, -0.2) is 19.5 Å². The van der Waals surface area contributed by atoms with Crippen molar-refractivity contribution in [2.75, 3.05) is 12.3 Å². The molecule has 1 aromatic carbocycles. The number of imidazole rings is 1. The lowest BCUT2D eigenvalue weighted by molar-refractivity contribution is 0.593.